The van der Waals surface area contributed by atoms with Gasteiger partial charge in [0.1, 0.15) is 6.10 Å². The number of carbonyl (C=O) groups is 2. The standard InChI is InChI=1S/C11H18O5/c1-3-4-9(5-6-12)16-11(15)8(2)7-10(13)14/h9,12H,2-7H2,1H3,(H,13,14). The number of aliphatic hydroxyl groups is 1. The number of carboxylic acids is 1. The summed E-state index contributed by atoms with van der Waals surface area (Å²) in [4.78, 5) is 21.7. The highest BCUT2D eigenvalue weighted by Crippen LogP contribution is 2.10. The minimum absolute atomic E-state index is 0.0661. The van der Waals surface area contributed by atoms with Crippen molar-refractivity contribution in [2.75, 3.05) is 6.61 Å². The average Bonchev–Trinajstić information content (AvgIpc) is 2.17. The van der Waals surface area contributed by atoms with Crippen molar-refractivity contribution < 1.29 is 24.5 Å². The summed E-state index contributed by atoms with van der Waals surface area (Å²) < 4.78 is 5.03. The first-order valence-corrected chi connectivity index (χ1v) is 5.22. The van der Waals surface area contributed by atoms with E-state index in [1.807, 2.05) is 6.92 Å². The molecule has 0 spiro atoms. The van der Waals surface area contributed by atoms with E-state index in [1.54, 1.807) is 0 Å². The molecular weight excluding hydrogens is 212 g/mol. The van der Waals surface area contributed by atoms with Crippen molar-refractivity contribution >= 4 is 11.9 Å². The van der Waals surface area contributed by atoms with E-state index in [0.717, 1.165) is 6.42 Å². The number of esters is 1. The van der Waals surface area contributed by atoms with Gasteiger partial charge in [-0.25, -0.2) is 4.79 Å². The van der Waals surface area contributed by atoms with E-state index >= 15 is 0 Å². The minimum atomic E-state index is -1.11. The first-order valence-electron chi connectivity index (χ1n) is 5.22. The number of aliphatic hydroxyl groups excluding tert-OH is 1. The number of carboxylic acid groups (broad SMARTS) is 1. The Morgan fingerprint density at radius 2 is 2.00 bits per heavy atom. The number of hydrogen-bond acceptors (Lipinski definition) is 4. The lowest BCUT2D eigenvalue weighted by Gasteiger charge is -2.16. The Morgan fingerprint density at radius 1 is 1.38 bits per heavy atom. The summed E-state index contributed by atoms with van der Waals surface area (Å²) >= 11 is 0. The normalized spacial score (nSPS) is 11.9. The van der Waals surface area contributed by atoms with Gasteiger partial charge in [0.2, 0.25) is 0 Å². The lowest BCUT2D eigenvalue weighted by molar-refractivity contribution is -0.147. The Kier molecular flexibility index (Phi) is 7.20. The molecule has 92 valence electrons. The summed E-state index contributed by atoms with van der Waals surface area (Å²) in [7, 11) is 0. The van der Waals surface area contributed by atoms with Gasteiger partial charge in [-0.2, -0.15) is 0 Å². The molecule has 0 saturated carbocycles. The molecule has 0 bridgehead atoms. The lowest BCUT2D eigenvalue weighted by atomic mass is 10.1. The van der Waals surface area contributed by atoms with Gasteiger partial charge in [0.05, 0.1) is 6.42 Å². The smallest absolute Gasteiger partial charge is 0.334 e. The van der Waals surface area contributed by atoms with Crippen LogP contribution in [0.15, 0.2) is 12.2 Å². The molecule has 0 saturated heterocycles. The Labute approximate surface area is 94.7 Å². The molecule has 0 aromatic rings. The molecule has 0 heterocycles. The summed E-state index contributed by atoms with van der Waals surface area (Å²) in [6.45, 7) is 5.22. The van der Waals surface area contributed by atoms with Gasteiger partial charge in [0.15, 0.2) is 0 Å². The predicted octanol–water partition coefficient (Wildman–Crippen LogP) is 1.11. The van der Waals surface area contributed by atoms with Crippen LogP contribution in [0, 0.1) is 0 Å². The van der Waals surface area contributed by atoms with Crippen molar-refractivity contribution in [3.05, 3.63) is 12.2 Å². The fourth-order valence-corrected chi connectivity index (χ4v) is 1.22. The average molecular weight is 230 g/mol. The molecule has 5 heteroatoms. The molecule has 2 N–H and O–H groups in total. The predicted molar refractivity (Wildman–Crippen MR) is 57.9 cm³/mol. The van der Waals surface area contributed by atoms with Crippen molar-refractivity contribution in [3.8, 4) is 0 Å². The Morgan fingerprint density at radius 3 is 2.44 bits per heavy atom. The van der Waals surface area contributed by atoms with Gasteiger partial charge in [-0.1, -0.05) is 19.9 Å². The molecule has 0 fully saturated rings. The second kappa shape index (κ2) is 7.87. The largest absolute Gasteiger partial charge is 0.481 e. The van der Waals surface area contributed by atoms with Gasteiger partial charge in [0.25, 0.3) is 0 Å². The molecule has 0 aliphatic rings. The van der Waals surface area contributed by atoms with E-state index in [4.69, 9.17) is 14.9 Å². The zero-order chi connectivity index (χ0) is 12.6. The van der Waals surface area contributed by atoms with Gasteiger partial charge in [-0.15, -0.1) is 0 Å². The van der Waals surface area contributed by atoms with Crippen LogP contribution in [0.3, 0.4) is 0 Å². The van der Waals surface area contributed by atoms with Crippen LogP contribution in [-0.2, 0) is 14.3 Å². The van der Waals surface area contributed by atoms with Crippen LogP contribution >= 0.6 is 0 Å². The first kappa shape index (κ1) is 14.6. The molecule has 0 aliphatic carbocycles. The maximum atomic E-state index is 11.4. The summed E-state index contributed by atoms with van der Waals surface area (Å²) in [5, 5.41) is 17.2. The Balaban J connectivity index is 4.16. The molecule has 16 heavy (non-hydrogen) atoms. The second-order valence-electron chi connectivity index (χ2n) is 3.50. The number of carbonyl (C=O) groups excluding carboxylic acids is 1. The van der Waals surface area contributed by atoms with Gasteiger partial charge in [0, 0.05) is 18.6 Å². The quantitative estimate of drug-likeness (QED) is 0.482. The highest BCUT2D eigenvalue weighted by molar-refractivity contribution is 5.92. The monoisotopic (exact) mass is 230 g/mol. The Bertz CT molecular complexity index is 253. The van der Waals surface area contributed by atoms with E-state index in [0.29, 0.717) is 12.8 Å². The minimum Gasteiger partial charge on any atom is -0.481 e. The first-order chi connectivity index (χ1) is 7.51. The number of hydrogen-bond donors (Lipinski definition) is 2. The van der Waals surface area contributed by atoms with Crippen molar-refractivity contribution in [2.45, 2.75) is 38.7 Å². The van der Waals surface area contributed by atoms with Crippen molar-refractivity contribution in [1.29, 1.82) is 0 Å². The molecule has 1 unspecified atom stereocenters. The van der Waals surface area contributed by atoms with Crippen LogP contribution in [0.25, 0.3) is 0 Å². The molecule has 0 aliphatic heterocycles. The molecular formula is C11H18O5. The van der Waals surface area contributed by atoms with Crippen LogP contribution in [0.2, 0.25) is 0 Å². The number of aliphatic carboxylic acids is 1. The van der Waals surface area contributed by atoms with Gasteiger partial charge >= 0.3 is 11.9 Å². The van der Waals surface area contributed by atoms with E-state index in [2.05, 4.69) is 6.58 Å². The summed E-state index contributed by atoms with van der Waals surface area (Å²) in [5.41, 5.74) is -0.0773. The molecule has 0 aromatic carbocycles. The molecule has 5 nitrogen and oxygen atoms in total. The van der Waals surface area contributed by atoms with E-state index in [-0.39, 0.29) is 18.3 Å². The van der Waals surface area contributed by atoms with Crippen molar-refractivity contribution in [2.24, 2.45) is 0 Å². The SMILES string of the molecule is C=C(CC(=O)O)C(=O)OC(CCC)CCO. The fourth-order valence-electron chi connectivity index (χ4n) is 1.22. The third-order valence-corrected chi connectivity index (χ3v) is 1.99. The van der Waals surface area contributed by atoms with Crippen molar-refractivity contribution in [1.82, 2.24) is 0 Å². The van der Waals surface area contributed by atoms with Crippen molar-refractivity contribution in [3.63, 3.8) is 0 Å². The van der Waals surface area contributed by atoms with Gasteiger partial charge in [-0.05, 0) is 6.42 Å². The number of ether oxygens (including phenoxy) is 1. The molecule has 0 rings (SSSR count). The van der Waals surface area contributed by atoms with E-state index < -0.39 is 18.4 Å². The summed E-state index contributed by atoms with van der Waals surface area (Å²) in [6.07, 6.45) is 1.04. The summed E-state index contributed by atoms with van der Waals surface area (Å²) in [6, 6.07) is 0. The summed E-state index contributed by atoms with van der Waals surface area (Å²) in [5.74, 6) is -1.81. The van der Waals surface area contributed by atoms with Crippen LogP contribution in [0.1, 0.15) is 32.6 Å². The van der Waals surface area contributed by atoms with Crippen LogP contribution in [0.5, 0.6) is 0 Å². The van der Waals surface area contributed by atoms with Gasteiger partial charge < -0.3 is 14.9 Å². The molecule has 1 atom stereocenters. The lowest BCUT2D eigenvalue weighted by Crippen LogP contribution is -2.21. The second-order valence-corrected chi connectivity index (χ2v) is 3.50. The molecule has 0 amide bonds. The maximum absolute atomic E-state index is 11.4. The van der Waals surface area contributed by atoms with E-state index in [1.165, 1.54) is 0 Å². The highest BCUT2D eigenvalue weighted by atomic mass is 16.5. The topological polar surface area (TPSA) is 83.8 Å². The molecule has 0 aromatic heterocycles. The highest BCUT2D eigenvalue weighted by Gasteiger charge is 2.17. The Hall–Kier alpha value is -1.36. The molecule has 0 radical (unpaired) electrons. The zero-order valence-corrected chi connectivity index (χ0v) is 9.44. The maximum Gasteiger partial charge on any atom is 0.334 e. The number of rotatable bonds is 8. The van der Waals surface area contributed by atoms with Gasteiger partial charge in [-0.3, -0.25) is 4.79 Å². The zero-order valence-electron chi connectivity index (χ0n) is 9.44. The third-order valence-electron chi connectivity index (χ3n) is 1.99. The van der Waals surface area contributed by atoms with Crippen LogP contribution in [0.4, 0.5) is 0 Å². The van der Waals surface area contributed by atoms with Crippen LogP contribution < -0.4 is 0 Å². The fraction of sp³-hybridized carbons (Fsp3) is 0.636. The third kappa shape index (κ3) is 6.19. The van der Waals surface area contributed by atoms with E-state index in [9.17, 15) is 9.59 Å². The van der Waals surface area contributed by atoms with Crippen LogP contribution in [-0.4, -0.2) is 34.9 Å².